The number of rotatable bonds is 3. The Morgan fingerprint density at radius 2 is 2.00 bits per heavy atom. The molecule has 3 aromatic rings. The van der Waals surface area contributed by atoms with Gasteiger partial charge in [-0.15, -0.1) is 0 Å². The predicted octanol–water partition coefficient (Wildman–Crippen LogP) is 2.38. The van der Waals surface area contributed by atoms with Crippen LogP contribution in [0.2, 0.25) is 0 Å². The van der Waals surface area contributed by atoms with Crippen molar-refractivity contribution in [2.45, 2.75) is 6.92 Å². The number of benzene rings is 1. The number of ether oxygens (including phenoxy) is 1. The van der Waals surface area contributed by atoms with Gasteiger partial charge in [0.1, 0.15) is 5.82 Å². The molecule has 2 heterocycles. The minimum absolute atomic E-state index is 0.426. The van der Waals surface area contributed by atoms with Crippen molar-refractivity contribution in [2.24, 2.45) is 0 Å². The minimum atomic E-state index is 0.426. The van der Waals surface area contributed by atoms with Crippen LogP contribution in [0.25, 0.3) is 16.9 Å². The molecule has 0 saturated heterocycles. The first-order chi connectivity index (χ1) is 9.28. The standard InChI is InChI=1S/C14H14N4O/c1-2-19-14-9-12(15)16-13-8-11(17-18(13)14)10-6-4-3-5-7-10/h3-9H,2H2,1H3,(H2,15,16). The highest BCUT2D eigenvalue weighted by molar-refractivity contribution is 5.65. The van der Waals surface area contributed by atoms with Gasteiger partial charge < -0.3 is 10.5 Å². The number of anilines is 1. The fourth-order valence-electron chi connectivity index (χ4n) is 1.97. The largest absolute Gasteiger partial charge is 0.478 e. The Morgan fingerprint density at radius 1 is 1.21 bits per heavy atom. The second-order valence-corrected chi connectivity index (χ2v) is 4.12. The third kappa shape index (κ3) is 2.10. The van der Waals surface area contributed by atoms with Crippen molar-refractivity contribution in [1.82, 2.24) is 14.6 Å². The van der Waals surface area contributed by atoms with Crippen LogP contribution in [0.3, 0.4) is 0 Å². The summed E-state index contributed by atoms with van der Waals surface area (Å²) in [4.78, 5) is 4.26. The third-order valence-corrected chi connectivity index (χ3v) is 2.78. The average Bonchev–Trinajstić information content (AvgIpc) is 2.84. The lowest BCUT2D eigenvalue weighted by Crippen LogP contribution is -2.03. The van der Waals surface area contributed by atoms with Gasteiger partial charge in [0, 0.05) is 17.7 Å². The molecule has 0 radical (unpaired) electrons. The molecule has 5 heteroatoms. The Balaban J connectivity index is 2.17. The van der Waals surface area contributed by atoms with Gasteiger partial charge in [-0.1, -0.05) is 30.3 Å². The van der Waals surface area contributed by atoms with E-state index in [0.29, 0.717) is 24.0 Å². The molecule has 0 amide bonds. The van der Waals surface area contributed by atoms with Gasteiger partial charge in [0.25, 0.3) is 0 Å². The van der Waals surface area contributed by atoms with Crippen LogP contribution in [0, 0.1) is 0 Å². The monoisotopic (exact) mass is 254 g/mol. The van der Waals surface area contributed by atoms with E-state index in [1.54, 1.807) is 10.6 Å². The average molecular weight is 254 g/mol. The van der Waals surface area contributed by atoms with Gasteiger partial charge in [-0.05, 0) is 6.92 Å². The van der Waals surface area contributed by atoms with Gasteiger partial charge in [0.2, 0.25) is 5.88 Å². The quantitative estimate of drug-likeness (QED) is 0.779. The van der Waals surface area contributed by atoms with Crippen molar-refractivity contribution >= 4 is 11.5 Å². The van der Waals surface area contributed by atoms with Crippen molar-refractivity contribution in [1.29, 1.82) is 0 Å². The molecule has 2 aromatic heterocycles. The van der Waals surface area contributed by atoms with Crippen LogP contribution in [0.5, 0.6) is 5.88 Å². The van der Waals surface area contributed by atoms with E-state index in [1.165, 1.54) is 0 Å². The maximum absolute atomic E-state index is 5.77. The molecule has 5 nitrogen and oxygen atoms in total. The van der Waals surface area contributed by atoms with E-state index in [9.17, 15) is 0 Å². The molecule has 0 saturated carbocycles. The number of hydrogen-bond acceptors (Lipinski definition) is 4. The Labute approximate surface area is 110 Å². The zero-order chi connectivity index (χ0) is 13.2. The van der Waals surface area contributed by atoms with Crippen molar-refractivity contribution in [3.63, 3.8) is 0 Å². The summed E-state index contributed by atoms with van der Waals surface area (Å²) in [5.41, 5.74) is 8.34. The molecule has 0 atom stereocenters. The smallest absolute Gasteiger partial charge is 0.220 e. The van der Waals surface area contributed by atoms with Gasteiger partial charge in [0.05, 0.1) is 12.3 Å². The highest BCUT2D eigenvalue weighted by Crippen LogP contribution is 2.23. The number of hydrogen-bond donors (Lipinski definition) is 1. The molecule has 2 N–H and O–H groups in total. The summed E-state index contributed by atoms with van der Waals surface area (Å²) in [5.74, 6) is 1.03. The molecule has 0 spiro atoms. The maximum Gasteiger partial charge on any atom is 0.220 e. The molecular weight excluding hydrogens is 240 g/mol. The molecule has 1 aromatic carbocycles. The fourth-order valence-corrected chi connectivity index (χ4v) is 1.97. The van der Waals surface area contributed by atoms with E-state index < -0.39 is 0 Å². The Bertz CT molecular complexity index is 706. The van der Waals surface area contributed by atoms with E-state index in [4.69, 9.17) is 10.5 Å². The lowest BCUT2D eigenvalue weighted by Gasteiger charge is -2.05. The first-order valence-electron chi connectivity index (χ1n) is 6.12. The first-order valence-corrected chi connectivity index (χ1v) is 6.12. The van der Waals surface area contributed by atoms with Crippen LogP contribution in [0.4, 0.5) is 5.82 Å². The summed E-state index contributed by atoms with van der Waals surface area (Å²) in [7, 11) is 0. The molecule has 3 rings (SSSR count). The second-order valence-electron chi connectivity index (χ2n) is 4.12. The summed E-state index contributed by atoms with van der Waals surface area (Å²) >= 11 is 0. The first kappa shape index (κ1) is 11.5. The second kappa shape index (κ2) is 4.61. The molecule has 0 unspecified atom stereocenters. The van der Waals surface area contributed by atoms with Crippen LogP contribution in [-0.2, 0) is 0 Å². The predicted molar refractivity (Wildman–Crippen MR) is 74.0 cm³/mol. The highest BCUT2D eigenvalue weighted by atomic mass is 16.5. The van der Waals surface area contributed by atoms with E-state index in [1.807, 2.05) is 43.3 Å². The van der Waals surface area contributed by atoms with E-state index in [2.05, 4.69) is 10.1 Å². The SMILES string of the molecule is CCOc1cc(N)nc2cc(-c3ccccc3)nn12. The van der Waals surface area contributed by atoms with E-state index in [0.717, 1.165) is 11.3 Å². The Kier molecular flexibility index (Phi) is 2.79. The van der Waals surface area contributed by atoms with Crippen molar-refractivity contribution < 1.29 is 4.74 Å². The lowest BCUT2D eigenvalue weighted by atomic mass is 10.2. The molecule has 0 fully saturated rings. The van der Waals surface area contributed by atoms with Gasteiger partial charge in [-0.2, -0.15) is 9.61 Å². The fraction of sp³-hybridized carbons (Fsp3) is 0.143. The summed E-state index contributed by atoms with van der Waals surface area (Å²) in [6.45, 7) is 2.48. The Hall–Kier alpha value is -2.56. The summed E-state index contributed by atoms with van der Waals surface area (Å²) in [5, 5.41) is 4.52. The molecule has 19 heavy (non-hydrogen) atoms. The van der Waals surface area contributed by atoms with Gasteiger partial charge in [0.15, 0.2) is 5.65 Å². The van der Waals surface area contributed by atoms with Crippen LogP contribution < -0.4 is 10.5 Å². The van der Waals surface area contributed by atoms with Crippen LogP contribution in [0.1, 0.15) is 6.92 Å². The normalized spacial score (nSPS) is 10.8. The van der Waals surface area contributed by atoms with Crippen molar-refractivity contribution in [2.75, 3.05) is 12.3 Å². The zero-order valence-electron chi connectivity index (χ0n) is 10.6. The number of fused-ring (bicyclic) bond motifs is 1. The van der Waals surface area contributed by atoms with E-state index in [-0.39, 0.29) is 0 Å². The topological polar surface area (TPSA) is 65.4 Å². The maximum atomic E-state index is 5.77. The van der Waals surface area contributed by atoms with Gasteiger partial charge >= 0.3 is 0 Å². The summed E-state index contributed by atoms with van der Waals surface area (Å²) < 4.78 is 7.20. The lowest BCUT2D eigenvalue weighted by molar-refractivity contribution is 0.318. The minimum Gasteiger partial charge on any atom is -0.478 e. The number of nitrogen functional groups attached to an aromatic ring is 1. The van der Waals surface area contributed by atoms with Crippen LogP contribution in [0.15, 0.2) is 42.5 Å². The van der Waals surface area contributed by atoms with Gasteiger partial charge in [-0.3, -0.25) is 0 Å². The number of aromatic nitrogens is 3. The van der Waals surface area contributed by atoms with Crippen LogP contribution >= 0.6 is 0 Å². The summed E-state index contributed by atoms with van der Waals surface area (Å²) in [6.07, 6.45) is 0. The zero-order valence-corrected chi connectivity index (χ0v) is 10.6. The summed E-state index contributed by atoms with van der Waals surface area (Å²) in [6, 6.07) is 13.5. The van der Waals surface area contributed by atoms with Crippen molar-refractivity contribution in [3.05, 3.63) is 42.5 Å². The number of nitrogens with zero attached hydrogens (tertiary/aromatic N) is 3. The van der Waals surface area contributed by atoms with E-state index >= 15 is 0 Å². The van der Waals surface area contributed by atoms with Gasteiger partial charge in [-0.25, -0.2) is 4.98 Å². The highest BCUT2D eigenvalue weighted by Gasteiger charge is 2.10. The van der Waals surface area contributed by atoms with Crippen molar-refractivity contribution in [3.8, 4) is 17.1 Å². The molecule has 0 aliphatic heterocycles. The molecule has 0 bridgehead atoms. The molecule has 0 aliphatic rings. The van der Waals surface area contributed by atoms with Crippen LogP contribution in [-0.4, -0.2) is 21.2 Å². The Morgan fingerprint density at radius 3 is 2.74 bits per heavy atom. The third-order valence-electron chi connectivity index (χ3n) is 2.78. The molecule has 96 valence electrons. The molecular formula is C14H14N4O. The molecule has 0 aliphatic carbocycles. The number of nitrogens with two attached hydrogens (primary N) is 1.